The molecule has 10 heteroatoms. The Morgan fingerprint density at radius 3 is 2.62 bits per heavy atom. The first kappa shape index (κ1) is 23.2. The Morgan fingerprint density at radius 2 is 1.94 bits per heavy atom. The van der Waals surface area contributed by atoms with Gasteiger partial charge in [0.15, 0.2) is 11.5 Å². The molecular formula is C24H26FN5O4. The van der Waals surface area contributed by atoms with Crippen LogP contribution in [-0.2, 0) is 0 Å². The number of aromatic nitrogens is 2. The number of ether oxygens (including phenoxy) is 2. The summed E-state index contributed by atoms with van der Waals surface area (Å²) in [6.07, 6.45) is 3.10. The maximum Gasteiger partial charge on any atom is 0.273 e. The van der Waals surface area contributed by atoms with Crippen molar-refractivity contribution in [3.8, 4) is 17.2 Å². The summed E-state index contributed by atoms with van der Waals surface area (Å²) in [5, 5.41) is 10.0. The third-order valence-electron chi connectivity index (χ3n) is 5.71. The molecular weight excluding hydrogens is 441 g/mol. The standard InChI is InChI=1S/C24H26FN5O4/c1-15-9-23(26)28-11-20(15)29-7-8-30(17(13-29)14-31)24(32)19-10-21(33-2)22(12-27-19)34-18-5-3-16(25)4-6-18/h3-6,9-12,17,31H,7-8,13-14H2,1-2H3,(H2,26,28). The molecule has 178 valence electrons. The van der Waals surface area contributed by atoms with E-state index in [0.29, 0.717) is 42.7 Å². The van der Waals surface area contributed by atoms with Gasteiger partial charge in [-0.2, -0.15) is 0 Å². The first-order valence-corrected chi connectivity index (χ1v) is 10.8. The first-order valence-electron chi connectivity index (χ1n) is 10.8. The number of hydrogen-bond donors (Lipinski definition) is 2. The highest BCUT2D eigenvalue weighted by Crippen LogP contribution is 2.32. The number of benzene rings is 1. The lowest BCUT2D eigenvalue weighted by atomic mass is 10.1. The Hall–Kier alpha value is -3.92. The normalized spacial score (nSPS) is 15.8. The number of piperazine rings is 1. The second-order valence-corrected chi connectivity index (χ2v) is 7.95. The number of nitrogens with two attached hydrogens (primary N) is 1. The van der Waals surface area contributed by atoms with Gasteiger partial charge in [-0.25, -0.2) is 14.4 Å². The van der Waals surface area contributed by atoms with Gasteiger partial charge in [0.1, 0.15) is 23.1 Å². The van der Waals surface area contributed by atoms with Gasteiger partial charge in [0.25, 0.3) is 5.91 Å². The summed E-state index contributed by atoms with van der Waals surface area (Å²) in [6.45, 7) is 3.15. The molecule has 4 rings (SSSR count). The second-order valence-electron chi connectivity index (χ2n) is 7.95. The van der Waals surface area contributed by atoms with Gasteiger partial charge in [-0.05, 0) is 42.8 Å². The van der Waals surface area contributed by atoms with Gasteiger partial charge in [0.05, 0.1) is 37.8 Å². The average Bonchev–Trinajstić information content (AvgIpc) is 2.85. The van der Waals surface area contributed by atoms with Crippen LogP contribution in [-0.4, -0.2) is 65.3 Å². The number of aliphatic hydroxyl groups is 1. The molecule has 1 amide bonds. The van der Waals surface area contributed by atoms with Crippen LogP contribution in [0.3, 0.4) is 0 Å². The number of amides is 1. The van der Waals surface area contributed by atoms with Crippen LogP contribution in [0.2, 0.25) is 0 Å². The van der Waals surface area contributed by atoms with Crippen molar-refractivity contribution < 1.29 is 23.8 Å². The Morgan fingerprint density at radius 1 is 1.18 bits per heavy atom. The largest absolute Gasteiger partial charge is 0.493 e. The lowest BCUT2D eigenvalue weighted by molar-refractivity contribution is 0.0559. The number of nitrogens with zero attached hydrogens (tertiary/aromatic N) is 4. The molecule has 1 unspecified atom stereocenters. The van der Waals surface area contributed by atoms with E-state index in [1.807, 2.05) is 6.92 Å². The molecule has 1 aliphatic heterocycles. The number of aryl methyl sites for hydroxylation is 1. The van der Waals surface area contributed by atoms with E-state index in [9.17, 15) is 14.3 Å². The molecule has 1 aromatic carbocycles. The van der Waals surface area contributed by atoms with E-state index < -0.39 is 6.04 Å². The number of nitrogen functional groups attached to an aromatic ring is 1. The fourth-order valence-electron chi connectivity index (χ4n) is 3.95. The fraction of sp³-hybridized carbons (Fsp3) is 0.292. The van der Waals surface area contributed by atoms with Crippen LogP contribution in [0.4, 0.5) is 15.9 Å². The predicted octanol–water partition coefficient (Wildman–Crippen LogP) is 2.63. The lowest BCUT2D eigenvalue weighted by Crippen LogP contribution is -2.57. The van der Waals surface area contributed by atoms with Crippen molar-refractivity contribution in [3.05, 3.63) is 65.9 Å². The Bertz CT molecular complexity index is 1170. The molecule has 0 aliphatic carbocycles. The van der Waals surface area contributed by atoms with Gasteiger partial charge in [-0.3, -0.25) is 4.79 Å². The molecule has 1 fully saturated rings. The molecule has 0 saturated carbocycles. The summed E-state index contributed by atoms with van der Waals surface area (Å²) in [5.41, 5.74) is 7.82. The van der Waals surface area contributed by atoms with Gasteiger partial charge in [0.2, 0.25) is 0 Å². The zero-order chi connectivity index (χ0) is 24.2. The van der Waals surface area contributed by atoms with Crippen LogP contribution in [0.15, 0.2) is 48.8 Å². The molecule has 3 heterocycles. The van der Waals surface area contributed by atoms with Crippen LogP contribution in [0.5, 0.6) is 17.2 Å². The van der Waals surface area contributed by atoms with Crippen molar-refractivity contribution in [2.24, 2.45) is 0 Å². The average molecular weight is 468 g/mol. The van der Waals surface area contributed by atoms with Crippen LogP contribution in [0.1, 0.15) is 16.1 Å². The zero-order valence-corrected chi connectivity index (χ0v) is 18.9. The number of halogens is 1. The predicted molar refractivity (Wildman–Crippen MR) is 125 cm³/mol. The molecule has 1 aliphatic rings. The van der Waals surface area contributed by atoms with Crippen molar-refractivity contribution in [2.75, 3.05) is 44.0 Å². The minimum atomic E-state index is -0.430. The number of anilines is 2. The molecule has 3 aromatic rings. The van der Waals surface area contributed by atoms with Crippen LogP contribution < -0.4 is 20.1 Å². The number of methoxy groups -OCH3 is 1. The highest BCUT2D eigenvalue weighted by Gasteiger charge is 2.32. The summed E-state index contributed by atoms with van der Waals surface area (Å²) >= 11 is 0. The van der Waals surface area contributed by atoms with Gasteiger partial charge >= 0.3 is 0 Å². The number of aliphatic hydroxyl groups excluding tert-OH is 1. The number of carbonyl (C=O) groups excluding carboxylic acids is 1. The van der Waals surface area contributed by atoms with E-state index in [1.165, 1.54) is 43.6 Å². The third kappa shape index (κ3) is 4.86. The lowest BCUT2D eigenvalue weighted by Gasteiger charge is -2.42. The highest BCUT2D eigenvalue weighted by molar-refractivity contribution is 5.93. The number of pyridine rings is 2. The first-order chi connectivity index (χ1) is 16.4. The van der Waals surface area contributed by atoms with E-state index in [0.717, 1.165) is 11.3 Å². The maximum absolute atomic E-state index is 13.3. The molecule has 0 bridgehead atoms. The zero-order valence-electron chi connectivity index (χ0n) is 18.9. The summed E-state index contributed by atoms with van der Waals surface area (Å²) in [6, 6.07) is 8.39. The molecule has 1 atom stereocenters. The smallest absolute Gasteiger partial charge is 0.273 e. The third-order valence-corrected chi connectivity index (χ3v) is 5.71. The number of rotatable bonds is 6. The van der Waals surface area contributed by atoms with Crippen molar-refractivity contribution >= 4 is 17.4 Å². The fourth-order valence-corrected chi connectivity index (χ4v) is 3.95. The van der Waals surface area contributed by atoms with Crippen LogP contribution >= 0.6 is 0 Å². The van der Waals surface area contributed by atoms with Crippen molar-refractivity contribution in [1.29, 1.82) is 0 Å². The molecule has 3 N–H and O–H groups in total. The van der Waals surface area contributed by atoms with Crippen molar-refractivity contribution in [1.82, 2.24) is 14.9 Å². The summed E-state index contributed by atoms with van der Waals surface area (Å²) in [4.78, 5) is 25.4. The van der Waals surface area contributed by atoms with E-state index in [4.69, 9.17) is 15.2 Å². The summed E-state index contributed by atoms with van der Waals surface area (Å²) < 4.78 is 24.2. The van der Waals surface area contributed by atoms with E-state index >= 15 is 0 Å². The van der Waals surface area contributed by atoms with Crippen LogP contribution in [0.25, 0.3) is 0 Å². The van der Waals surface area contributed by atoms with Crippen LogP contribution in [0, 0.1) is 12.7 Å². The van der Waals surface area contributed by atoms with E-state index in [2.05, 4.69) is 14.9 Å². The Balaban J connectivity index is 1.51. The molecule has 2 aromatic heterocycles. The molecule has 9 nitrogen and oxygen atoms in total. The van der Waals surface area contributed by atoms with Gasteiger partial charge in [-0.1, -0.05) is 0 Å². The SMILES string of the molecule is COc1cc(C(=O)N2CCN(c3cnc(N)cc3C)CC2CO)ncc1Oc1ccc(F)cc1. The number of carbonyl (C=O) groups is 1. The maximum atomic E-state index is 13.3. The van der Waals surface area contributed by atoms with E-state index in [1.54, 1.807) is 17.2 Å². The van der Waals surface area contributed by atoms with Gasteiger partial charge in [-0.15, -0.1) is 0 Å². The molecule has 0 spiro atoms. The van der Waals surface area contributed by atoms with Gasteiger partial charge in [0, 0.05) is 25.7 Å². The molecule has 1 saturated heterocycles. The van der Waals surface area contributed by atoms with E-state index in [-0.39, 0.29) is 24.0 Å². The molecule has 34 heavy (non-hydrogen) atoms. The van der Waals surface area contributed by atoms with Crippen molar-refractivity contribution in [2.45, 2.75) is 13.0 Å². The molecule has 0 radical (unpaired) electrons. The Labute approximate surface area is 196 Å². The monoisotopic (exact) mass is 467 g/mol. The van der Waals surface area contributed by atoms with Crippen molar-refractivity contribution in [3.63, 3.8) is 0 Å². The topological polar surface area (TPSA) is 114 Å². The summed E-state index contributed by atoms with van der Waals surface area (Å²) in [5.74, 6) is 0.758. The Kier molecular flexibility index (Phi) is 6.78. The van der Waals surface area contributed by atoms with Gasteiger partial charge < -0.3 is 30.1 Å². The summed E-state index contributed by atoms with van der Waals surface area (Å²) in [7, 11) is 1.46. The quantitative estimate of drug-likeness (QED) is 0.569. The highest BCUT2D eigenvalue weighted by atomic mass is 19.1. The number of hydrogen-bond acceptors (Lipinski definition) is 8. The second kappa shape index (κ2) is 9.92. The minimum absolute atomic E-state index is 0.167. The minimum Gasteiger partial charge on any atom is -0.493 e.